The van der Waals surface area contributed by atoms with Gasteiger partial charge in [-0.15, -0.1) is 0 Å². The molecule has 256 valence electrons. The minimum Gasteiger partial charge on any atom is -0.790 e. The van der Waals surface area contributed by atoms with Crippen molar-refractivity contribution in [3.05, 3.63) is 0 Å². The fourth-order valence-corrected chi connectivity index (χ4v) is 5.12. The summed E-state index contributed by atoms with van der Waals surface area (Å²) in [7, 11) is -5.17. The Bertz CT molecular complexity index is 702. The number of phosphoric acid groups is 1. The number of unbranched alkanes of at least 4 members (excludes halogenated alkanes) is 19. The summed E-state index contributed by atoms with van der Waals surface area (Å²) in [6, 6.07) is 0. The predicted molar refractivity (Wildman–Crippen MR) is 166 cm³/mol. The Labute approximate surface area is 318 Å². The predicted octanol–water partition coefficient (Wildman–Crippen LogP) is 0.480. The Morgan fingerprint density at radius 1 is 0.667 bits per heavy atom. The fraction of sp³-hybridized carbons (Fsp3) is 0.938. The summed E-state index contributed by atoms with van der Waals surface area (Å²) >= 11 is 0. The van der Waals surface area contributed by atoms with Gasteiger partial charge in [-0.3, -0.25) is 9.59 Å². The summed E-state index contributed by atoms with van der Waals surface area (Å²) in [6.07, 6.45) is 23.7. The SMILES string of the molecule is CCCCCCCCCCC(=O)O[C@H](COCOCCCCCCCCCCCCCCCNC(C)=O)COP(=O)([O-])[O-].[Na+].[Na+]. The molecule has 1 amide bonds. The van der Waals surface area contributed by atoms with E-state index in [2.05, 4.69) is 16.8 Å². The van der Waals surface area contributed by atoms with Crippen molar-refractivity contribution in [2.75, 3.05) is 33.2 Å². The molecular weight excluding hydrogens is 619 g/mol. The standard InChI is InChI=1S/C32H64NO9P.2Na/c1-3-4-5-6-7-15-18-21-24-32(35)42-31(28-41-43(36,37)38)27-40-29-39-26-23-20-17-14-12-10-8-9-11-13-16-19-22-25-33-30(2)34;;/h31H,3-29H2,1-2H3,(H,33,34)(H2,36,37,38);;/q;2*+1/p-2/t31-;;/m1../s1. The molecule has 0 aliphatic heterocycles. The molecule has 1 atom stereocenters. The molecule has 0 aromatic heterocycles. The van der Waals surface area contributed by atoms with E-state index in [1.54, 1.807) is 6.92 Å². The second-order valence-electron chi connectivity index (χ2n) is 11.6. The van der Waals surface area contributed by atoms with Gasteiger partial charge in [-0.1, -0.05) is 122 Å². The second-order valence-corrected chi connectivity index (χ2v) is 12.7. The molecule has 45 heavy (non-hydrogen) atoms. The van der Waals surface area contributed by atoms with E-state index in [9.17, 15) is 23.9 Å². The largest absolute Gasteiger partial charge is 1.00 e. The summed E-state index contributed by atoms with van der Waals surface area (Å²) < 4.78 is 31.4. The Hall–Kier alpha value is 0.970. The van der Waals surface area contributed by atoms with E-state index < -0.39 is 26.5 Å². The zero-order chi connectivity index (χ0) is 31.9. The Kier molecular flexibility index (Phi) is 42.3. The molecule has 0 fully saturated rings. The van der Waals surface area contributed by atoms with Gasteiger partial charge in [0.1, 0.15) is 12.9 Å². The van der Waals surface area contributed by atoms with Crippen molar-refractivity contribution in [1.29, 1.82) is 0 Å². The van der Waals surface area contributed by atoms with Crippen LogP contribution >= 0.6 is 7.82 Å². The van der Waals surface area contributed by atoms with Crippen molar-refractivity contribution in [1.82, 2.24) is 5.32 Å². The van der Waals surface area contributed by atoms with Crippen molar-refractivity contribution in [2.24, 2.45) is 0 Å². The van der Waals surface area contributed by atoms with Crippen LogP contribution in [0.2, 0.25) is 0 Å². The first kappa shape index (κ1) is 50.3. The van der Waals surface area contributed by atoms with Crippen LogP contribution in [0.1, 0.15) is 155 Å². The van der Waals surface area contributed by atoms with E-state index >= 15 is 0 Å². The van der Waals surface area contributed by atoms with Crippen molar-refractivity contribution >= 4 is 19.7 Å². The molecule has 0 rings (SSSR count). The summed E-state index contributed by atoms with van der Waals surface area (Å²) in [4.78, 5) is 44.7. The van der Waals surface area contributed by atoms with Crippen molar-refractivity contribution in [3.8, 4) is 0 Å². The normalized spacial score (nSPS) is 11.8. The maximum atomic E-state index is 12.2. The van der Waals surface area contributed by atoms with Gasteiger partial charge < -0.3 is 38.4 Å². The smallest absolute Gasteiger partial charge is 0.790 e. The third kappa shape index (κ3) is 42.9. The van der Waals surface area contributed by atoms with Crippen molar-refractivity contribution in [2.45, 2.75) is 161 Å². The topological polar surface area (TPSA) is 146 Å². The number of hydrogen-bond donors (Lipinski definition) is 1. The van der Waals surface area contributed by atoms with Crippen LogP contribution in [0.25, 0.3) is 0 Å². The molecule has 0 unspecified atom stereocenters. The molecule has 0 heterocycles. The number of rotatable bonds is 33. The average Bonchev–Trinajstić information content (AvgIpc) is 2.95. The minimum absolute atomic E-state index is 0. The molecule has 0 aliphatic rings. The summed E-state index contributed by atoms with van der Waals surface area (Å²) in [6.45, 7) is 4.42. The van der Waals surface area contributed by atoms with Crippen LogP contribution in [0.3, 0.4) is 0 Å². The molecule has 0 aromatic rings. The second kappa shape index (κ2) is 37.8. The number of ether oxygens (including phenoxy) is 3. The molecule has 0 aliphatic carbocycles. The van der Waals surface area contributed by atoms with Gasteiger partial charge in [0.15, 0.2) is 0 Å². The number of carbonyl (C=O) groups excluding carboxylic acids is 2. The Morgan fingerprint density at radius 2 is 1.13 bits per heavy atom. The molecule has 0 saturated carbocycles. The molecule has 10 nitrogen and oxygen atoms in total. The number of hydrogen-bond acceptors (Lipinski definition) is 9. The summed E-state index contributed by atoms with van der Waals surface area (Å²) in [5.74, 6) is -0.403. The molecule has 0 radical (unpaired) electrons. The van der Waals surface area contributed by atoms with E-state index in [0.717, 1.165) is 45.1 Å². The maximum Gasteiger partial charge on any atom is 1.00 e. The van der Waals surface area contributed by atoms with Gasteiger partial charge in [-0.05, 0) is 19.3 Å². The molecule has 0 saturated heterocycles. The number of nitrogens with one attached hydrogen (secondary N) is 1. The number of phosphoric ester groups is 1. The van der Waals surface area contributed by atoms with Crippen molar-refractivity contribution in [3.63, 3.8) is 0 Å². The monoisotopic (exact) mass is 681 g/mol. The molecule has 1 N–H and O–H groups in total. The van der Waals surface area contributed by atoms with Crippen LogP contribution in [0.15, 0.2) is 0 Å². The molecule has 0 bridgehead atoms. The summed E-state index contributed by atoms with van der Waals surface area (Å²) in [5.41, 5.74) is 0. The van der Waals surface area contributed by atoms with E-state index in [0.29, 0.717) is 13.0 Å². The van der Waals surface area contributed by atoms with Gasteiger partial charge in [0.2, 0.25) is 5.91 Å². The minimum atomic E-state index is -5.17. The Morgan fingerprint density at radius 3 is 1.62 bits per heavy atom. The maximum absolute atomic E-state index is 12.2. The van der Waals surface area contributed by atoms with Crippen LogP contribution in [-0.4, -0.2) is 51.1 Å². The molecule has 0 aromatic carbocycles. The molecule has 0 spiro atoms. The average molecular weight is 682 g/mol. The van der Waals surface area contributed by atoms with E-state index in [1.807, 2.05) is 0 Å². The molecular formula is C32H62NNa2O9P. The van der Waals surface area contributed by atoms with Crippen LogP contribution in [0, 0.1) is 0 Å². The quantitative estimate of drug-likeness (QED) is 0.0344. The number of amides is 1. The zero-order valence-electron chi connectivity index (χ0n) is 29.3. The fourth-order valence-electron chi connectivity index (χ4n) is 4.77. The van der Waals surface area contributed by atoms with Crippen LogP contribution < -0.4 is 74.2 Å². The van der Waals surface area contributed by atoms with Gasteiger partial charge in [-0.25, -0.2) is 0 Å². The zero-order valence-corrected chi connectivity index (χ0v) is 34.2. The first-order valence-corrected chi connectivity index (χ1v) is 18.5. The summed E-state index contributed by atoms with van der Waals surface area (Å²) in [5, 5.41) is 2.84. The van der Waals surface area contributed by atoms with Gasteiger partial charge in [0, 0.05) is 26.5 Å². The number of carbonyl (C=O) groups is 2. The van der Waals surface area contributed by atoms with Gasteiger partial charge in [0.25, 0.3) is 0 Å². The van der Waals surface area contributed by atoms with Gasteiger partial charge >= 0.3 is 65.1 Å². The van der Waals surface area contributed by atoms with Crippen LogP contribution in [-0.2, 0) is 32.9 Å². The van der Waals surface area contributed by atoms with Crippen LogP contribution in [0.5, 0.6) is 0 Å². The van der Waals surface area contributed by atoms with E-state index in [1.165, 1.54) is 89.9 Å². The van der Waals surface area contributed by atoms with Gasteiger partial charge in [-0.2, -0.15) is 0 Å². The molecule has 13 heteroatoms. The van der Waals surface area contributed by atoms with Crippen molar-refractivity contribution < 1.29 is 102 Å². The first-order valence-electron chi connectivity index (χ1n) is 17.0. The number of esters is 1. The third-order valence-corrected chi connectivity index (χ3v) is 7.73. The van der Waals surface area contributed by atoms with Gasteiger partial charge in [0.05, 0.1) is 21.0 Å². The Balaban J connectivity index is -0.00000882. The van der Waals surface area contributed by atoms with Crippen LogP contribution in [0.4, 0.5) is 0 Å². The van der Waals surface area contributed by atoms with E-state index in [-0.39, 0.29) is 84.8 Å². The third-order valence-electron chi connectivity index (χ3n) is 7.26. The first-order chi connectivity index (χ1) is 20.7. The van der Waals surface area contributed by atoms with E-state index in [4.69, 9.17) is 14.2 Å².